The van der Waals surface area contributed by atoms with Crippen molar-refractivity contribution in [3.05, 3.63) is 46.0 Å². The van der Waals surface area contributed by atoms with Crippen LogP contribution in [-0.2, 0) is 19.3 Å². The third-order valence-electron chi connectivity index (χ3n) is 3.76. The van der Waals surface area contributed by atoms with Crippen molar-refractivity contribution >= 4 is 11.8 Å². The highest BCUT2D eigenvalue weighted by Gasteiger charge is 2.26. The molecule has 11 heteroatoms. The lowest BCUT2D eigenvalue weighted by Crippen LogP contribution is -2.26. The monoisotopic (exact) mass is 397 g/mol. The summed E-state index contributed by atoms with van der Waals surface area (Å²) >= 11 is 0. The van der Waals surface area contributed by atoms with E-state index in [9.17, 15) is 18.0 Å². The van der Waals surface area contributed by atoms with E-state index in [2.05, 4.69) is 30.2 Å². The number of nitrogens with zero attached hydrogens (tertiary/aromatic N) is 4. The number of aromatic amines is 1. The molecular weight excluding hydrogens is 375 g/mol. The van der Waals surface area contributed by atoms with Crippen LogP contribution in [-0.4, -0.2) is 38.6 Å². The van der Waals surface area contributed by atoms with Crippen LogP contribution in [0.1, 0.15) is 37.0 Å². The van der Waals surface area contributed by atoms with Gasteiger partial charge in [-0.05, 0) is 25.3 Å². The molecule has 0 saturated carbocycles. The van der Waals surface area contributed by atoms with Crippen molar-refractivity contribution in [3.63, 3.8) is 0 Å². The first-order valence-electron chi connectivity index (χ1n) is 8.79. The van der Waals surface area contributed by atoms with E-state index in [1.165, 1.54) is 12.3 Å². The molecule has 4 N–H and O–H groups in total. The van der Waals surface area contributed by atoms with Gasteiger partial charge >= 0.3 is 6.18 Å². The zero-order valence-corrected chi connectivity index (χ0v) is 15.4. The minimum atomic E-state index is -4.42. The van der Waals surface area contributed by atoms with Crippen LogP contribution in [0.4, 0.5) is 19.0 Å². The summed E-state index contributed by atoms with van der Waals surface area (Å²) in [7, 11) is 0. The van der Waals surface area contributed by atoms with E-state index in [4.69, 9.17) is 5.73 Å². The van der Waals surface area contributed by atoms with E-state index >= 15 is 0 Å². The summed E-state index contributed by atoms with van der Waals surface area (Å²) in [5.41, 5.74) is 5.97. The number of hydrogen-bond acceptors (Lipinski definition) is 5. The quantitative estimate of drug-likeness (QED) is 0.356. The van der Waals surface area contributed by atoms with E-state index in [0.717, 1.165) is 12.8 Å². The molecule has 0 radical (unpaired) electrons. The van der Waals surface area contributed by atoms with Crippen molar-refractivity contribution in [2.24, 2.45) is 10.7 Å². The number of guanidine groups is 1. The SMILES string of the molecule is CCc1cnc(CCCCc2nccc(NC(N)=NCC(F)(F)F)n2)[nH]c1=O. The van der Waals surface area contributed by atoms with Crippen molar-refractivity contribution in [1.82, 2.24) is 19.9 Å². The molecule has 0 aliphatic rings. The summed E-state index contributed by atoms with van der Waals surface area (Å²) in [6.45, 7) is 0.532. The molecule has 0 amide bonds. The molecule has 0 aliphatic carbocycles. The van der Waals surface area contributed by atoms with Gasteiger partial charge in [0.1, 0.15) is 24.0 Å². The number of aryl methyl sites for hydroxylation is 3. The second-order valence-electron chi connectivity index (χ2n) is 6.04. The van der Waals surface area contributed by atoms with Crippen LogP contribution >= 0.6 is 0 Å². The Morgan fingerprint density at radius 1 is 1.29 bits per heavy atom. The number of rotatable bonds is 8. The number of aliphatic imine (C=N–C) groups is 1. The number of halogens is 3. The number of aromatic nitrogens is 4. The van der Waals surface area contributed by atoms with Crippen LogP contribution < -0.4 is 16.6 Å². The van der Waals surface area contributed by atoms with Crippen molar-refractivity contribution in [1.29, 1.82) is 0 Å². The average molecular weight is 397 g/mol. The highest BCUT2D eigenvalue weighted by atomic mass is 19.4. The molecule has 8 nitrogen and oxygen atoms in total. The predicted octanol–water partition coefficient (Wildman–Crippen LogP) is 1.98. The Labute approximate surface area is 159 Å². The molecule has 28 heavy (non-hydrogen) atoms. The lowest BCUT2D eigenvalue weighted by molar-refractivity contribution is -0.118. The van der Waals surface area contributed by atoms with E-state index in [1.807, 2.05) is 6.92 Å². The number of unbranched alkanes of at least 4 members (excludes halogenated alkanes) is 1. The molecule has 0 aliphatic heterocycles. The molecule has 2 rings (SSSR count). The minimum absolute atomic E-state index is 0.112. The number of nitrogens with one attached hydrogen (secondary N) is 2. The zero-order valence-electron chi connectivity index (χ0n) is 15.4. The lowest BCUT2D eigenvalue weighted by atomic mass is 10.1. The number of hydrogen-bond donors (Lipinski definition) is 3. The van der Waals surface area contributed by atoms with Crippen LogP contribution in [0.25, 0.3) is 0 Å². The van der Waals surface area contributed by atoms with Gasteiger partial charge in [0, 0.05) is 30.8 Å². The van der Waals surface area contributed by atoms with Gasteiger partial charge in [-0.15, -0.1) is 0 Å². The molecule has 2 heterocycles. The molecule has 0 bridgehead atoms. The largest absolute Gasteiger partial charge is 0.408 e. The maximum atomic E-state index is 12.1. The standard InChI is InChI=1S/C17H22F3N7O/c1-2-11-9-23-13(26-15(11)28)6-4-3-5-12-22-8-7-14(25-12)27-16(21)24-10-17(18,19)20/h7-9H,2-6,10H2,1H3,(H,23,26,28)(H3,21,22,24,25,27). The van der Waals surface area contributed by atoms with Gasteiger partial charge in [-0.2, -0.15) is 13.2 Å². The molecule has 2 aromatic rings. The summed E-state index contributed by atoms with van der Waals surface area (Å²) in [6.07, 6.45) is 2.00. The molecule has 0 atom stereocenters. The number of alkyl halides is 3. The van der Waals surface area contributed by atoms with Gasteiger partial charge < -0.3 is 16.0 Å². The Morgan fingerprint density at radius 3 is 2.71 bits per heavy atom. The van der Waals surface area contributed by atoms with Gasteiger partial charge in [-0.25, -0.2) is 19.9 Å². The Bertz CT molecular complexity index is 864. The minimum Gasteiger partial charge on any atom is -0.370 e. The zero-order chi connectivity index (χ0) is 20.6. The van der Waals surface area contributed by atoms with Gasteiger partial charge in [-0.3, -0.25) is 4.79 Å². The second-order valence-corrected chi connectivity index (χ2v) is 6.04. The molecule has 0 saturated heterocycles. The van der Waals surface area contributed by atoms with Crippen LogP contribution in [0.2, 0.25) is 0 Å². The topological polar surface area (TPSA) is 122 Å². The van der Waals surface area contributed by atoms with Gasteiger partial charge in [0.25, 0.3) is 5.56 Å². The molecule has 2 aromatic heterocycles. The summed E-state index contributed by atoms with van der Waals surface area (Å²) in [5, 5.41) is 2.52. The first kappa shape index (κ1) is 21.3. The molecular formula is C17H22F3N7O. The fraction of sp³-hybridized carbons (Fsp3) is 0.471. The van der Waals surface area contributed by atoms with Crippen molar-refractivity contribution in [3.8, 4) is 0 Å². The number of nitrogens with two attached hydrogens (primary N) is 1. The Kier molecular flexibility index (Phi) is 7.47. The summed E-state index contributed by atoms with van der Waals surface area (Å²) in [6, 6.07) is 1.49. The molecule has 0 spiro atoms. The third kappa shape index (κ3) is 7.33. The van der Waals surface area contributed by atoms with E-state index in [0.29, 0.717) is 36.5 Å². The fourth-order valence-corrected chi connectivity index (χ4v) is 2.35. The van der Waals surface area contributed by atoms with Gasteiger partial charge in [-0.1, -0.05) is 6.92 Å². The van der Waals surface area contributed by atoms with E-state index in [1.54, 1.807) is 6.20 Å². The Morgan fingerprint density at radius 2 is 2.04 bits per heavy atom. The summed E-state index contributed by atoms with van der Waals surface area (Å²) in [4.78, 5) is 30.3. The second kappa shape index (κ2) is 9.81. The number of H-pyrrole nitrogens is 1. The van der Waals surface area contributed by atoms with Crippen molar-refractivity contribution < 1.29 is 13.2 Å². The predicted molar refractivity (Wildman–Crippen MR) is 99.1 cm³/mol. The van der Waals surface area contributed by atoms with Crippen molar-refractivity contribution in [2.75, 3.05) is 11.9 Å². The molecule has 0 unspecified atom stereocenters. The lowest BCUT2D eigenvalue weighted by Gasteiger charge is -2.07. The van der Waals surface area contributed by atoms with Gasteiger partial charge in [0.2, 0.25) is 0 Å². The highest BCUT2D eigenvalue weighted by Crippen LogP contribution is 2.14. The average Bonchev–Trinajstić information content (AvgIpc) is 2.63. The third-order valence-corrected chi connectivity index (χ3v) is 3.76. The first-order chi connectivity index (χ1) is 13.3. The molecule has 0 aromatic carbocycles. The fourth-order valence-electron chi connectivity index (χ4n) is 2.35. The van der Waals surface area contributed by atoms with E-state index < -0.39 is 12.7 Å². The van der Waals surface area contributed by atoms with Crippen molar-refractivity contribution in [2.45, 2.75) is 45.2 Å². The maximum absolute atomic E-state index is 12.1. The van der Waals surface area contributed by atoms with Gasteiger partial charge in [0.05, 0.1) is 0 Å². The van der Waals surface area contributed by atoms with Gasteiger partial charge in [0.15, 0.2) is 5.96 Å². The summed E-state index contributed by atoms with van der Waals surface area (Å²) in [5.74, 6) is 1.06. The smallest absolute Gasteiger partial charge is 0.370 e. The first-order valence-corrected chi connectivity index (χ1v) is 8.79. The maximum Gasteiger partial charge on any atom is 0.408 e. The van der Waals surface area contributed by atoms with Crippen LogP contribution in [0.3, 0.4) is 0 Å². The Hall–Kier alpha value is -2.98. The van der Waals surface area contributed by atoms with E-state index in [-0.39, 0.29) is 17.3 Å². The normalized spacial score (nSPS) is 12.2. The summed E-state index contributed by atoms with van der Waals surface area (Å²) < 4.78 is 36.4. The Balaban J connectivity index is 1.82. The molecule has 152 valence electrons. The molecule has 0 fully saturated rings. The highest BCUT2D eigenvalue weighted by molar-refractivity contribution is 5.91. The van der Waals surface area contributed by atoms with Crippen LogP contribution in [0.5, 0.6) is 0 Å². The number of anilines is 1. The van der Waals surface area contributed by atoms with Crippen LogP contribution in [0.15, 0.2) is 28.2 Å². The van der Waals surface area contributed by atoms with Crippen LogP contribution in [0, 0.1) is 0 Å².